The number of nitrogens with zero attached hydrogens (tertiary/aromatic N) is 1. The highest BCUT2D eigenvalue weighted by Crippen LogP contribution is 2.34. The number of hydrogen-bond donors (Lipinski definition) is 0. The van der Waals surface area contributed by atoms with Crippen molar-refractivity contribution in [3.05, 3.63) is 222 Å². The van der Waals surface area contributed by atoms with Gasteiger partial charge in [0, 0.05) is 17.1 Å². The lowest BCUT2D eigenvalue weighted by atomic mass is 9.95. The number of anilines is 3. The van der Waals surface area contributed by atoms with Crippen LogP contribution in [0.15, 0.2) is 194 Å². The van der Waals surface area contributed by atoms with Crippen LogP contribution in [0.3, 0.4) is 0 Å². The van der Waals surface area contributed by atoms with Crippen molar-refractivity contribution in [3.63, 3.8) is 0 Å². The van der Waals surface area contributed by atoms with Crippen molar-refractivity contribution in [2.75, 3.05) is 4.90 Å². The third kappa shape index (κ3) is 7.22. The smallest absolute Gasteiger partial charge is 0.0462 e. The average molecular weight is 602 g/mol. The van der Waals surface area contributed by atoms with Crippen molar-refractivity contribution in [1.82, 2.24) is 0 Å². The first kappa shape index (κ1) is 29.5. The number of hydrogen-bond acceptors (Lipinski definition) is 1. The summed E-state index contributed by atoms with van der Waals surface area (Å²) >= 11 is 0. The fraction of sp³-hybridized carbons (Fsp3) is 0. The van der Waals surface area contributed by atoms with Gasteiger partial charge < -0.3 is 4.90 Å². The lowest BCUT2D eigenvalue weighted by Gasteiger charge is -2.25. The first-order valence-corrected chi connectivity index (χ1v) is 16.0. The molecule has 0 spiro atoms. The van der Waals surface area contributed by atoms with Crippen molar-refractivity contribution in [2.24, 2.45) is 0 Å². The van der Waals surface area contributed by atoms with Gasteiger partial charge in [0.15, 0.2) is 0 Å². The molecule has 0 aliphatic carbocycles. The van der Waals surface area contributed by atoms with E-state index in [1.807, 2.05) is 0 Å². The minimum absolute atomic E-state index is 1.13. The fourth-order valence-corrected chi connectivity index (χ4v) is 5.82. The predicted molar refractivity (Wildman–Crippen MR) is 202 cm³/mol. The number of rotatable bonds is 9. The molecule has 0 aliphatic heterocycles. The summed E-state index contributed by atoms with van der Waals surface area (Å²) in [6, 6.07) is 68.5. The summed E-state index contributed by atoms with van der Waals surface area (Å²) in [6.45, 7) is 0. The molecular formula is C46H35N. The molecule has 0 fully saturated rings. The molecule has 0 radical (unpaired) electrons. The second-order valence-electron chi connectivity index (χ2n) is 11.5. The van der Waals surface area contributed by atoms with Gasteiger partial charge in [0.25, 0.3) is 0 Å². The summed E-state index contributed by atoms with van der Waals surface area (Å²) in [4.78, 5) is 2.28. The van der Waals surface area contributed by atoms with E-state index >= 15 is 0 Å². The Bertz CT molecular complexity index is 1980. The van der Waals surface area contributed by atoms with Gasteiger partial charge in [-0.15, -0.1) is 0 Å². The van der Waals surface area contributed by atoms with Gasteiger partial charge in [0.2, 0.25) is 0 Å². The third-order valence-corrected chi connectivity index (χ3v) is 8.28. The molecule has 0 saturated heterocycles. The monoisotopic (exact) mass is 601 g/mol. The minimum Gasteiger partial charge on any atom is -0.311 e. The summed E-state index contributed by atoms with van der Waals surface area (Å²) in [7, 11) is 0. The van der Waals surface area contributed by atoms with Gasteiger partial charge in [-0.05, 0) is 87.0 Å². The summed E-state index contributed by atoms with van der Waals surface area (Å²) in [5, 5.41) is 0. The Morgan fingerprint density at radius 1 is 0.319 bits per heavy atom. The van der Waals surface area contributed by atoms with E-state index in [1.54, 1.807) is 0 Å². The highest BCUT2D eigenvalue weighted by Gasteiger charge is 2.11. The van der Waals surface area contributed by atoms with Gasteiger partial charge in [-0.25, -0.2) is 0 Å². The molecule has 1 heteroatoms. The first-order valence-electron chi connectivity index (χ1n) is 16.0. The maximum atomic E-state index is 2.28. The minimum atomic E-state index is 1.13. The van der Waals surface area contributed by atoms with Crippen LogP contribution in [0.4, 0.5) is 17.1 Å². The Morgan fingerprint density at radius 2 is 0.660 bits per heavy atom. The molecule has 224 valence electrons. The van der Waals surface area contributed by atoms with E-state index in [0.717, 1.165) is 22.6 Å². The van der Waals surface area contributed by atoms with Crippen LogP contribution in [-0.4, -0.2) is 0 Å². The van der Waals surface area contributed by atoms with Crippen LogP contribution in [0, 0.1) is 0 Å². The molecule has 7 rings (SSSR count). The van der Waals surface area contributed by atoms with Crippen molar-refractivity contribution >= 4 is 40.9 Å². The molecule has 0 amide bonds. The van der Waals surface area contributed by atoms with Gasteiger partial charge in [-0.2, -0.15) is 0 Å². The third-order valence-electron chi connectivity index (χ3n) is 8.28. The second-order valence-corrected chi connectivity index (χ2v) is 11.5. The molecule has 7 aromatic carbocycles. The normalized spacial score (nSPS) is 10.9. The lowest BCUT2D eigenvalue weighted by molar-refractivity contribution is 1.28. The Morgan fingerprint density at radius 3 is 1.09 bits per heavy atom. The zero-order valence-corrected chi connectivity index (χ0v) is 26.2. The molecule has 0 saturated carbocycles. The van der Waals surface area contributed by atoms with Crippen LogP contribution >= 0.6 is 0 Å². The molecule has 0 unspecified atom stereocenters. The SMILES string of the molecule is C(=C(c1ccccc1)c1ccccc1)c1ccc(-c2ccc(/C=C/c3ccc(N(c4ccccc4)c4ccccc4)cc3)cc2)cc1. The van der Waals surface area contributed by atoms with Crippen LogP contribution in [-0.2, 0) is 0 Å². The molecule has 0 atom stereocenters. The van der Waals surface area contributed by atoms with Crippen molar-refractivity contribution in [1.29, 1.82) is 0 Å². The summed E-state index contributed by atoms with van der Waals surface area (Å²) in [5.41, 5.74) is 13.0. The highest BCUT2D eigenvalue weighted by molar-refractivity contribution is 5.91. The van der Waals surface area contributed by atoms with Crippen molar-refractivity contribution < 1.29 is 0 Å². The fourth-order valence-electron chi connectivity index (χ4n) is 5.82. The quantitative estimate of drug-likeness (QED) is 0.149. The van der Waals surface area contributed by atoms with Crippen LogP contribution in [0.25, 0.3) is 34.9 Å². The average Bonchev–Trinajstić information content (AvgIpc) is 3.16. The molecule has 0 aliphatic rings. The Hall–Kier alpha value is -6.18. The lowest BCUT2D eigenvalue weighted by Crippen LogP contribution is -2.09. The molecule has 0 heterocycles. The largest absolute Gasteiger partial charge is 0.311 e. The summed E-state index contributed by atoms with van der Waals surface area (Å²) in [5.74, 6) is 0. The Labute approximate surface area is 278 Å². The number of benzene rings is 7. The van der Waals surface area contributed by atoms with Gasteiger partial charge in [0.1, 0.15) is 0 Å². The predicted octanol–water partition coefficient (Wildman–Crippen LogP) is 12.6. The zero-order valence-electron chi connectivity index (χ0n) is 26.2. The molecule has 7 aromatic rings. The molecule has 47 heavy (non-hydrogen) atoms. The highest BCUT2D eigenvalue weighted by atomic mass is 15.1. The second kappa shape index (κ2) is 14.3. The molecular weight excluding hydrogens is 567 g/mol. The molecule has 0 N–H and O–H groups in total. The van der Waals surface area contributed by atoms with Gasteiger partial charge in [0.05, 0.1) is 0 Å². The van der Waals surface area contributed by atoms with E-state index in [-0.39, 0.29) is 0 Å². The van der Waals surface area contributed by atoms with Gasteiger partial charge in [-0.1, -0.05) is 170 Å². The van der Waals surface area contributed by atoms with Crippen LogP contribution in [0.5, 0.6) is 0 Å². The Balaban J connectivity index is 1.05. The maximum Gasteiger partial charge on any atom is 0.0462 e. The summed E-state index contributed by atoms with van der Waals surface area (Å²) in [6.07, 6.45) is 6.62. The van der Waals surface area contributed by atoms with E-state index in [1.165, 1.54) is 39.0 Å². The summed E-state index contributed by atoms with van der Waals surface area (Å²) < 4.78 is 0. The van der Waals surface area contributed by atoms with Crippen molar-refractivity contribution in [2.45, 2.75) is 0 Å². The zero-order chi connectivity index (χ0) is 31.7. The van der Waals surface area contributed by atoms with E-state index in [2.05, 4.69) is 217 Å². The Kier molecular flexibility index (Phi) is 8.97. The standard InChI is InChI=1S/C46H35N/c1-5-13-41(14-6-1)46(42-15-7-2-8-16-42)35-38-25-31-40(32-26-38)39-29-23-36(24-30-39)21-22-37-27-33-45(34-28-37)47(43-17-9-3-10-18-43)44-19-11-4-12-20-44/h1-35H/b22-21+. The van der Waals surface area contributed by atoms with Gasteiger partial charge in [-0.3, -0.25) is 0 Å². The molecule has 0 aromatic heterocycles. The van der Waals surface area contributed by atoms with E-state index in [0.29, 0.717) is 0 Å². The van der Waals surface area contributed by atoms with Gasteiger partial charge >= 0.3 is 0 Å². The molecule has 0 bridgehead atoms. The first-order chi connectivity index (χ1) is 23.3. The van der Waals surface area contributed by atoms with E-state index in [4.69, 9.17) is 0 Å². The van der Waals surface area contributed by atoms with E-state index in [9.17, 15) is 0 Å². The van der Waals surface area contributed by atoms with Crippen LogP contribution in [0.2, 0.25) is 0 Å². The van der Waals surface area contributed by atoms with Crippen LogP contribution < -0.4 is 4.90 Å². The maximum absolute atomic E-state index is 2.28. The van der Waals surface area contributed by atoms with Crippen LogP contribution in [0.1, 0.15) is 27.8 Å². The number of para-hydroxylation sites is 2. The van der Waals surface area contributed by atoms with E-state index < -0.39 is 0 Å². The molecule has 1 nitrogen and oxygen atoms in total. The van der Waals surface area contributed by atoms with Crippen molar-refractivity contribution in [3.8, 4) is 11.1 Å². The topological polar surface area (TPSA) is 3.24 Å².